The molecule has 0 aliphatic carbocycles. The third-order valence-corrected chi connectivity index (χ3v) is 6.40. The van der Waals surface area contributed by atoms with Crippen LogP contribution in [0.4, 0.5) is 11.4 Å². The van der Waals surface area contributed by atoms with Gasteiger partial charge < -0.3 is 5.32 Å². The molecule has 3 aromatic rings. The van der Waals surface area contributed by atoms with Gasteiger partial charge in [0, 0.05) is 23.1 Å². The molecular weight excluding hydrogens is 457 g/mol. The van der Waals surface area contributed by atoms with Crippen molar-refractivity contribution >= 4 is 50.5 Å². The lowest BCUT2D eigenvalue weighted by atomic mass is 10.1. The fourth-order valence-electron chi connectivity index (χ4n) is 3.12. The number of benzene rings is 2. The second kappa shape index (κ2) is 9.68. The second-order valence-corrected chi connectivity index (χ2v) is 9.75. The van der Waals surface area contributed by atoms with E-state index in [4.69, 9.17) is 23.2 Å². The maximum atomic E-state index is 12.8. The number of rotatable bonds is 7. The minimum Gasteiger partial charge on any atom is -0.324 e. The molecule has 0 saturated heterocycles. The molecule has 6 nitrogen and oxygen atoms in total. The minimum atomic E-state index is -3.81. The van der Waals surface area contributed by atoms with Crippen LogP contribution in [0, 0.1) is 0 Å². The van der Waals surface area contributed by atoms with Gasteiger partial charge in [-0.2, -0.15) is 0 Å². The minimum absolute atomic E-state index is 0.145. The molecule has 1 heterocycles. The van der Waals surface area contributed by atoms with Gasteiger partial charge in [-0.05, 0) is 66.9 Å². The first-order valence-corrected chi connectivity index (χ1v) is 12.0. The van der Waals surface area contributed by atoms with E-state index in [1.807, 2.05) is 24.3 Å². The van der Waals surface area contributed by atoms with Gasteiger partial charge in [-0.3, -0.25) is 14.1 Å². The Morgan fingerprint density at radius 2 is 1.65 bits per heavy atom. The van der Waals surface area contributed by atoms with Gasteiger partial charge in [0.1, 0.15) is 6.04 Å². The summed E-state index contributed by atoms with van der Waals surface area (Å²) in [7, 11) is -3.81. The van der Waals surface area contributed by atoms with Gasteiger partial charge in [0.05, 0.1) is 17.0 Å². The van der Waals surface area contributed by atoms with E-state index in [2.05, 4.69) is 10.3 Å². The van der Waals surface area contributed by atoms with E-state index in [1.54, 1.807) is 30.6 Å². The number of aromatic nitrogens is 1. The van der Waals surface area contributed by atoms with Gasteiger partial charge in [-0.1, -0.05) is 35.3 Å². The van der Waals surface area contributed by atoms with Crippen molar-refractivity contribution in [1.82, 2.24) is 4.98 Å². The predicted octanol–water partition coefficient (Wildman–Crippen LogP) is 4.77. The summed E-state index contributed by atoms with van der Waals surface area (Å²) in [6, 6.07) is 14.7. The molecule has 2 aromatic carbocycles. The number of amides is 1. The predicted molar refractivity (Wildman–Crippen MR) is 125 cm³/mol. The summed E-state index contributed by atoms with van der Waals surface area (Å²) in [6.45, 7) is 1.49. The van der Waals surface area contributed by atoms with E-state index in [9.17, 15) is 13.2 Å². The van der Waals surface area contributed by atoms with Gasteiger partial charge in [-0.25, -0.2) is 8.42 Å². The fourth-order valence-corrected chi connectivity index (χ4v) is 4.73. The monoisotopic (exact) mass is 477 g/mol. The first kappa shape index (κ1) is 23.1. The summed E-state index contributed by atoms with van der Waals surface area (Å²) in [5.74, 6) is -0.497. The molecule has 0 fully saturated rings. The summed E-state index contributed by atoms with van der Waals surface area (Å²) in [5.41, 5.74) is 2.90. The number of halogens is 2. The molecule has 0 aliphatic rings. The van der Waals surface area contributed by atoms with E-state index in [0.29, 0.717) is 10.7 Å². The Balaban J connectivity index is 1.77. The van der Waals surface area contributed by atoms with Crippen LogP contribution in [0.25, 0.3) is 0 Å². The molecule has 162 valence electrons. The highest BCUT2D eigenvalue weighted by Crippen LogP contribution is 2.32. The molecule has 1 aromatic heterocycles. The van der Waals surface area contributed by atoms with Crippen molar-refractivity contribution in [2.24, 2.45) is 0 Å². The van der Waals surface area contributed by atoms with Gasteiger partial charge in [0.15, 0.2) is 0 Å². The van der Waals surface area contributed by atoms with Crippen molar-refractivity contribution in [2.75, 3.05) is 15.9 Å². The number of nitrogens with one attached hydrogen (secondary N) is 1. The van der Waals surface area contributed by atoms with E-state index in [0.717, 1.165) is 28.1 Å². The number of carbonyl (C=O) groups excluding carboxylic acids is 1. The summed E-state index contributed by atoms with van der Waals surface area (Å²) >= 11 is 12.2. The highest BCUT2D eigenvalue weighted by molar-refractivity contribution is 7.92. The van der Waals surface area contributed by atoms with Crippen molar-refractivity contribution in [3.05, 3.63) is 88.2 Å². The lowest BCUT2D eigenvalue weighted by molar-refractivity contribution is -0.116. The van der Waals surface area contributed by atoms with Crippen LogP contribution in [0.15, 0.2) is 67.0 Å². The zero-order chi connectivity index (χ0) is 22.6. The first-order valence-electron chi connectivity index (χ1n) is 9.38. The van der Waals surface area contributed by atoms with Crippen LogP contribution in [-0.2, 0) is 21.2 Å². The topological polar surface area (TPSA) is 79.4 Å². The second-order valence-electron chi connectivity index (χ2n) is 7.05. The fraction of sp³-hybridized carbons (Fsp3) is 0.182. The van der Waals surface area contributed by atoms with Crippen molar-refractivity contribution < 1.29 is 13.2 Å². The number of anilines is 2. The number of sulfonamides is 1. The SMILES string of the molecule is C[C@@H](C(=O)Nc1ccc(Cc2ccncc2)cc1)N(c1cc(Cl)ccc1Cl)S(C)(=O)=O. The van der Waals surface area contributed by atoms with Crippen molar-refractivity contribution in [3.63, 3.8) is 0 Å². The number of hydrogen-bond donors (Lipinski definition) is 1. The number of hydrogen-bond acceptors (Lipinski definition) is 4. The standard InChI is InChI=1S/C22H21Cl2N3O3S/c1-15(27(31(2,29)30)21-14-18(23)5-8-20(21)24)22(28)26-19-6-3-16(4-7-19)13-17-9-11-25-12-10-17/h3-12,14-15H,13H2,1-2H3,(H,26,28)/t15-/m0/s1. The van der Waals surface area contributed by atoms with Crippen LogP contribution in [0.3, 0.4) is 0 Å². The first-order chi connectivity index (χ1) is 14.6. The maximum Gasteiger partial charge on any atom is 0.247 e. The molecule has 0 saturated carbocycles. The summed E-state index contributed by atoms with van der Waals surface area (Å²) in [4.78, 5) is 16.8. The Hall–Kier alpha value is -2.61. The van der Waals surface area contributed by atoms with Crippen LogP contribution in [0.5, 0.6) is 0 Å². The normalized spacial score (nSPS) is 12.3. The molecule has 1 amide bonds. The van der Waals surface area contributed by atoms with Crippen LogP contribution < -0.4 is 9.62 Å². The van der Waals surface area contributed by atoms with E-state index in [1.165, 1.54) is 19.1 Å². The zero-order valence-electron chi connectivity index (χ0n) is 16.9. The highest BCUT2D eigenvalue weighted by Gasteiger charge is 2.30. The molecule has 31 heavy (non-hydrogen) atoms. The largest absolute Gasteiger partial charge is 0.324 e. The van der Waals surface area contributed by atoms with Crippen molar-refractivity contribution in [3.8, 4) is 0 Å². The number of nitrogens with zero attached hydrogens (tertiary/aromatic N) is 2. The molecule has 0 radical (unpaired) electrons. The average Bonchev–Trinajstić information content (AvgIpc) is 2.72. The van der Waals surface area contributed by atoms with Crippen LogP contribution in [0.1, 0.15) is 18.1 Å². The molecule has 0 bridgehead atoms. The number of pyridine rings is 1. The maximum absolute atomic E-state index is 12.8. The zero-order valence-corrected chi connectivity index (χ0v) is 19.2. The van der Waals surface area contributed by atoms with E-state index < -0.39 is 22.0 Å². The molecule has 0 unspecified atom stereocenters. The molecule has 0 spiro atoms. The van der Waals surface area contributed by atoms with Crippen LogP contribution >= 0.6 is 23.2 Å². The quantitative estimate of drug-likeness (QED) is 0.531. The molecule has 1 N–H and O–H groups in total. The van der Waals surface area contributed by atoms with Crippen molar-refractivity contribution in [1.29, 1.82) is 0 Å². The third kappa shape index (κ3) is 5.97. The van der Waals surface area contributed by atoms with E-state index >= 15 is 0 Å². The molecule has 3 rings (SSSR count). The Morgan fingerprint density at radius 3 is 2.26 bits per heavy atom. The summed E-state index contributed by atoms with van der Waals surface area (Å²) in [5, 5.41) is 3.24. The van der Waals surface area contributed by atoms with Crippen molar-refractivity contribution in [2.45, 2.75) is 19.4 Å². The Bertz CT molecular complexity index is 1170. The lowest BCUT2D eigenvalue weighted by Gasteiger charge is -2.29. The Labute approximate surface area is 191 Å². The molecular formula is C22H21Cl2N3O3S. The Morgan fingerprint density at radius 1 is 1.03 bits per heavy atom. The van der Waals surface area contributed by atoms with Gasteiger partial charge in [0.2, 0.25) is 15.9 Å². The van der Waals surface area contributed by atoms with Gasteiger partial charge >= 0.3 is 0 Å². The van der Waals surface area contributed by atoms with Gasteiger partial charge in [0.25, 0.3) is 0 Å². The highest BCUT2D eigenvalue weighted by atomic mass is 35.5. The molecule has 1 atom stereocenters. The number of carbonyl (C=O) groups is 1. The summed E-state index contributed by atoms with van der Waals surface area (Å²) < 4.78 is 25.9. The lowest BCUT2D eigenvalue weighted by Crippen LogP contribution is -2.45. The smallest absolute Gasteiger partial charge is 0.247 e. The molecule has 9 heteroatoms. The average molecular weight is 478 g/mol. The molecule has 0 aliphatic heterocycles. The van der Waals surface area contributed by atoms with E-state index in [-0.39, 0.29) is 10.7 Å². The van der Waals surface area contributed by atoms with Gasteiger partial charge in [-0.15, -0.1) is 0 Å². The van der Waals surface area contributed by atoms with Crippen LogP contribution in [-0.4, -0.2) is 31.6 Å². The Kier molecular flexibility index (Phi) is 7.20. The summed E-state index contributed by atoms with van der Waals surface area (Å²) in [6.07, 6.45) is 5.24. The van der Waals surface area contributed by atoms with Crippen LogP contribution in [0.2, 0.25) is 10.0 Å². The third-order valence-electron chi connectivity index (χ3n) is 4.61.